The molecule has 1 aliphatic carbocycles. The van der Waals surface area contributed by atoms with Crippen LogP contribution in [0.4, 0.5) is 23.8 Å². The maximum Gasteiger partial charge on any atom is 0.434 e. The summed E-state index contributed by atoms with van der Waals surface area (Å²) >= 11 is 0.801. The Morgan fingerprint density at radius 3 is 2.55 bits per heavy atom. The van der Waals surface area contributed by atoms with Crippen molar-refractivity contribution in [3.05, 3.63) is 63.5 Å². The van der Waals surface area contributed by atoms with Gasteiger partial charge in [-0.2, -0.15) is 13.2 Å². The number of ether oxygens (including phenoxy) is 1. The molecule has 44 heavy (non-hydrogen) atoms. The molecule has 2 aliphatic rings. The van der Waals surface area contributed by atoms with Gasteiger partial charge in [0.15, 0.2) is 5.69 Å². The summed E-state index contributed by atoms with van der Waals surface area (Å²) in [6.45, 7) is 5.70. The molecule has 2 unspecified atom stereocenters. The van der Waals surface area contributed by atoms with E-state index >= 15 is 0 Å². The van der Waals surface area contributed by atoms with Crippen molar-refractivity contribution in [2.24, 2.45) is 11.8 Å². The van der Waals surface area contributed by atoms with Crippen LogP contribution in [0.1, 0.15) is 35.9 Å². The first kappa shape index (κ1) is 29.8. The number of alkyl halides is 3. The second-order valence-electron chi connectivity index (χ2n) is 10.9. The fourth-order valence-corrected chi connectivity index (χ4v) is 6.88. The number of amides is 2. The summed E-state index contributed by atoms with van der Waals surface area (Å²) in [6, 6.07) is 6.22. The normalized spacial score (nSPS) is 19.5. The smallest absolute Gasteiger partial charge is 0.434 e. The van der Waals surface area contributed by atoms with Gasteiger partial charge in [0.2, 0.25) is 5.43 Å². The third kappa shape index (κ3) is 5.43. The van der Waals surface area contributed by atoms with Crippen LogP contribution in [0.3, 0.4) is 0 Å². The molecular formula is C30H29F3N6O4S. The van der Waals surface area contributed by atoms with Gasteiger partial charge in [-0.1, -0.05) is 6.07 Å². The number of carbonyl (C=O) groups is 2. The Hall–Kier alpha value is -4.30. The number of piperidine rings is 1. The summed E-state index contributed by atoms with van der Waals surface area (Å²) in [5, 5.41) is 6.41. The molecule has 3 atom stereocenters. The quantitative estimate of drug-likeness (QED) is 0.269. The highest BCUT2D eigenvalue weighted by molar-refractivity contribution is 7.13. The van der Waals surface area contributed by atoms with Crippen molar-refractivity contribution in [3.63, 3.8) is 0 Å². The second-order valence-corrected chi connectivity index (χ2v) is 11.8. The number of thiazole rings is 1. The van der Waals surface area contributed by atoms with Gasteiger partial charge in [-0.25, -0.2) is 19.6 Å². The Labute approximate surface area is 253 Å². The van der Waals surface area contributed by atoms with E-state index in [-0.39, 0.29) is 40.0 Å². The molecule has 14 heteroatoms. The predicted octanol–water partition coefficient (Wildman–Crippen LogP) is 5.26. The third-order valence-electron chi connectivity index (χ3n) is 8.00. The zero-order chi connectivity index (χ0) is 31.3. The Balaban J connectivity index is 1.50. The van der Waals surface area contributed by atoms with Crippen LogP contribution < -0.4 is 16.1 Å². The van der Waals surface area contributed by atoms with E-state index in [9.17, 15) is 27.6 Å². The van der Waals surface area contributed by atoms with Crippen molar-refractivity contribution >= 4 is 40.1 Å². The SMILES string of the molecule is CCNC(=O)Nc1cc(-c2nc(C(F)(F)F)cs2)c(-c2ccc3c(c2)c(=O)c(C(=O)OCC)cn3C2C3CN(C)C[C@@H]32)cn1. The predicted molar refractivity (Wildman–Crippen MR) is 160 cm³/mol. The molecule has 10 nitrogen and oxygen atoms in total. The zero-order valence-electron chi connectivity index (χ0n) is 24.1. The van der Waals surface area contributed by atoms with Gasteiger partial charge in [-0.15, -0.1) is 11.3 Å². The number of urea groups is 1. The van der Waals surface area contributed by atoms with Crippen molar-refractivity contribution < 1.29 is 27.5 Å². The standard InChI is InChI=1S/C30H29F3N6O4S/c1-4-34-29(42)37-24-9-16(27-36-23(14-44-27)30(31,32)33)18(10-35-24)15-6-7-22-17(8-15)26(40)21(28(41)43-5-2)13-39(22)25-19-11-38(3)12-20(19)25/h6-10,13-14,19-20,25H,4-5,11-12H2,1-3H3,(H2,34,35,37,42)/t19-,20?,25?/m0/s1. The minimum absolute atomic E-state index is 0.0568. The largest absolute Gasteiger partial charge is 0.462 e. The Morgan fingerprint density at radius 2 is 1.89 bits per heavy atom. The van der Waals surface area contributed by atoms with Gasteiger partial charge in [-0.3, -0.25) is 10.1 Å². The van der Waals surface area contributed by atoms with Gasteiger partial charge < -0.3 is 19.5 Å². The van der Waals surface area contributed by atoms with E-state index in [2.05, 4.69) is 32.5 Å². The van der Waals surface area contributed by atoms with Crippen LogP contribution in [-0.2, 0) is 10.9 Å². The highest BCUT2D eigenvalue weighted by Crippen LogP contribution is 2.55. The second kappa shape index (κ2) is 11.3. The number of aromatic nitrogens is 3. The molecule has 230 valence electrons. The molecule has 4 aromatic rings. The molecule has 1 aliphatic heterocycles. The molecule has 0 spiro atoms. The number of nitrogens with one attached hydrogen (secondary N) is 2. The maximum atomic E-state index is 13.7. The van der Waals surface area contributed by atoms with Crippen LogP contribution in [0.2, 0.25) is 0 Å². The lowest BCUT2D eigenvalue weighted by Crippen LogP contribution is -2.28. The van der Waals surface area contributed by atoms with Crippen LogP contribution in [0, 0.1) is 11.8 Å². The average molecular weight is 627 g/mol. The number of likely N-dealkylation sites (tertiary alicyclic amines) is 1. The van der Waals surface area contributed by atoms with E-state index in [0.29, 0.717) is 35.0 Å². The van der Waals surface area contributed by atoms with Crippen molar-refractivity contribution in [1.82, 2.24) is 24.8 Å². The molecule has 4 heterocycles. The zero-order valence-corrected chi connectivity index (χ0v) is 24.9. The number of halogens is 3. The van der Waals surface area contributed by atoms with Crippen molar-refractivity contribution in [2.45, 2.75) is 26.1 Å². The number of hydrogen-bond acceptors (Lipinski definition) is 8. The summed E-state index contributed by atoms with van der Waals surface area (Å²) in [4.78, 5) is 49.1. The van der Waals surface area contributed by atoms with Gasteiger partial charge in [0, 0.05) is 60.0 Å². The molecule has 1 saturated heterocycles. The lowest BCUT2D eigenvalue weighted by atomic mass is 9.99. The molecule has 3 aromatic heterocycles. The van der Waals surface area contributed by atoms with E-state index in [1.165, 1.54) is 12.3 Å². The van der Waals surface area contributed by atoms with Crippen LogP contribution >= 0.6 is 11.3 Å². The monoisotopic (exact) mass is 626 g/mol. The Bertz CT molecular complexity index is 1830. The minimum atomic E-state index is -4.64. The van der Waals surface area contributed by atoms with Gasteiger partial charge >= 0.3 is 18.2 Å². The van der Waals surface area contributed by atoms with E-state index in [1.807, 2.05) is 4.57 Å². The molecule has 2 amide bonds. The highest BCUT2D eigenvalue weighted by Gasteiger charge is 2.56. The Morgan fingerprint density at radius 1 is 1.14 bits per heavy atom. The van der Waals surface area contributed by atoms with E-state index in [1.54, 1.807) is 38.2 Å². The summed E-state index contributed by atoms with van der Waals surface area (Å²) in [5.74, 6) is 0.186. The highest BCUT2D eigenvalue weighted by atomic mass is 32.1. The number of carbonyl (C=O) groups excluding carboxylic acids is 2. The lowest BCUT2D eigenvalue weighted by molar-refractivity contribution is -0.140. The molecule has 2 N–H and O–H groups in total. The molecule has 2 fully saturated rings. The van der Waals surface area contributed by atoms with E-state index < -0.39 is 29.3 Å². The lowest BCUT2D eigenvalue weighted by Gasteiger charge is -2.19. The van der Waals surface area contributed by atoms with Crippen LogP contribution in [0.5, 0.6) is 0 Å². The molecular weight excluding hydrogens is 597 g/mol. The fraction of sp³-hybridized carbons (Fsp3) is 0.367. The topological polar surface area (TPSA) is 118 Å². The van der Waals surface area contributed by atoms with E-state index in [4.69, 9.17) is 4.74 Å². The molecule has 1 aromatic carbocycles. The number of rotatable bonds is 7. The summed E-state index contributed by atoms with van der Waals surface area (Å²) < 4.78 is 47.6. The Kier molecular flexibility index (Phi) is 7.66. The summed E-state index contributed by atoms with van der Waals surface area (Å²) in [6.07, 6.45) is -1.63. The van der Waals surface area contributed by atoms with E-state index in [0.717, 1.165) is 29.8 Å². The molecule has 6 rings (SSSR count). The minimum Gasteiger partial charge on any atom is -0.462 e. The molecule has 0 radical (unpaired) electrons. The van der Waals surface area contributed by atoms with Crippen LogP contribution in [-0.4, -0.2) is 64.7 Å². The molecule has 0 bridgehead atoms. The maximum absolute atomic E-state index is 13.7. The number of benzene rings is 1. The average Bonchev–Trinajstić information content (AvgIpc) is 3.30. The fourth-order valence-electron chi connectivity index (χ4n) is 6.02. The summed E-state index contributed by atoms with van der Waals surface area (Å²) in [7, 11) is 2.06. The number of esters is 1. The van der Waals surface area contributed by atoms with Crippen LogP contribution in [0.15, 0.2) is 46.8 Å². The number of pyridine rings is 2. The van der Waals surface area contributed by atoms with Gasteiger partial charge in [0.25, 0.3) is 0 Å². The number of anilines is 1. The van der Waals surface area contributed by atoms with Crippen molar-refractivity contribution in [3.8, 4) is 21.7 Å². The number of fused-ring (bicyclic) bond motifs is 2. The van der Waals surface area contributed by atoms with Gasteiger partial charge in [0.05, 0.1) is 12.1 Å². The third-order valence-corrected chi connectivity index (χ3v) is 8.87. The first-order valence-electron chi connectivity index (χ1n) is 14.1. The first-order chi connectivity index (χ1) is 21.0. The molecule has 1 saturated carbocycles. The number of hydrogen-bond donors (Lipinski definition) is 2. The van der Waals surface area contributed by atoms with Gasteiger partial charge in [-0.05, 0) is 56.5 Å². The van der Waals surface area contributed by atoms with Crippen molar-refractivity contribution in [1.29, 1.82) is 0 Å². The summed E-state index contributed by atoms with van der Waals surface area (Å²) in [5.41, 5.74) is 0.184. The van der Waals surface area contributed by atoms with Gasteiger partial charge in [0.1, 0.15) is 16.4 Å². The first-order valence-corrected chi connectivity index (χ1v) is 15.0. The van der Waals surface area contributed by atoms with Crippen molar-refractivity contribution in [2.75, 3.05) is 38.6 Å². The van der Waals surface area contributed by atoms with Crippen LogP contribution in [0.25, 0.3) is 32.6 Å². The number of nitrogens with zero attached hydrogens (tertiary/aromatic N) is 4.